The van der Waals surface area contributed by atoms with Crippen LogP contribution in [0.2, 0.25) is 0 Å². The molecule has 0 fully saturated rings. The van der Waals surface area contributed by atoms with Gasteiger partial charge in [0, 0.05) is 98.1 Å². The summed E-state index contributed by atoms with van der Waals surface area (Å²) in [7, 11) is 0. The Morgan fingerprint density at radius 3 is 0.375 bits per heavy atom. The Labute approximate surface area is 145 Å². The van der Waals surface area contributed by atoms with Crippen molar-refractivity contribution in [2.75, 3.05) is 0 Å². The van der Waals surface area contributed by atoms with Crippen LogP contribution in [0, 0.1) is 29.7 Å². The third kappa shape index (κ3) is 50.6. The summed E-state index contributed by atoms with van der Waals surface area (Å²) < 4.78 is 0. The van der Waals surface area contributed by atoms with Gasteiger partial charge in [-0.1, -0.05) is 0 Å². The molecule has 4 heteroatoms. The maximum Gasteiger partial charge on any atom is 2.00 e. The molecule has 8 heavy (non-hydrogen) atoms. The minimum Gasteiger partial charge on any atom is -0.358 e. The van der Waals surface area contributed by atoms with Gasteiger partial charge in [-0.25, -0.2) is 0 Å². The maximum absolute atomic E-state index is 0. The molecule has 0 heterocycles. The molecule has 0 nitrogen and oxygen atoms in total. The van der Waals surface area contributed by atoms with Crippen molar-refractivity contribution in [2.45, 2.75) is 0 Å². The first-order valence-corrected chi connectivity index (χ1v) is 0. The summed E-state index contributed by atoms with van der Waals surface area (Å²) in [6.45, 7) is 0. The van der Waals surface area contributed by atoms with E-state index >= 15 is 0 Å². The summed E-state index contributed by atoms with van der Waals surface area (Å²) >= 11 is 0. The van der Waals surface area contributed by atoms with E-state index in [9.17, 15) is 0 Å². The number of hydrogen-bond donors (Lipinski definition) is 0. The Morgan fingerprint density at radius 1 is 0.375 bits per heavy atom. The molecule has 0 aliphatic carbocycles. The first-order valence-electron chi connectivity index (χ1n) is 0. The Bertz CT molecular complexity index is 11.2. The van der Waals surface area contributed by atoms with Crippen LogP contribution in [-0.4, -0.2) is 0 Å². The van der Waals surface area contributed by atoms with Gasteiger partial charge in [-0.15, -0.1) is 0 Å². The van der Waals surface area contributed by atoms with Crippen LogP contribution < -0.4 is 0 Å². The molecule has 0 aliphatic rings. The van der Waals surface area contributed by atoms with E-state index in [0.29, 0.717) is 0 Å². The Hall–Kier alpha value is 4.00. The van der Waals surface area contributed by atoms with E-state index in [1.165, 1.54) is 0 Å². The zero-order valence-electron chi connectivity index (χ0n) is 6.14. The normalized spacial score (nSPS) is 0. The predicted octanol–water partition coefficient (Wildman–Crippen LogP) is 1.79. The van der Waals surface area contributed by atoms with Gasteiger partial charge in [0.25, 0.3) is 0 Å². The van der Waals surface area contributed by atoms with Crippen molar-refractivity contribution < 1.29 is 119 Å². The summed E-state index contributed by atoms with van der Waals surface area (Å²) in [6, 6.07) is 0. The molecule has 0 saturated heterocycles. The van der Waals surface area contributed by atoms with Gasteiger partial charge in [0.15, 0.2) is 0 Å². The molecule has 45 valence electrons. The zero-order chi connectivity index (χ0) is 0. The fourth-order valence-corrected chi connectivity index (χ4v) is 0. The molecule has 0 atom stereocenters. The van der Waals surface area contributed by atoms with Gasteiger partial charge in [-0.3, -0.25) is 0 Å². The van der Waals surface area contributed by atoms with Crippen LogP contribution >= 0.6 is 0 Å². The molecule has 0 aromatic carbocycles. The van der Waals surface area contributed by atoms with Crippen LogP contribution in [0.1, 0.15) is 0 Å². The third-order valence-corrected chi connectivity index (χ3v) is 0. The third-order valence-electron chi connectivity index (χ3n) is 0. The average molecular weight is 511 g/mol. The molecule has 0 N–H and O–H groups in total. The molecular weight excluding hydrogens is 499 g/mol. The Morgan fingerprint density at radius 2 is 0.375 bits per heavy atom. The van der Waals surface area contributed by atoms with Gasteiger partial charge in [0.1, 0.15) is 0 Å². The van der Waals surface area contributed by atoms with Crippen molar-refractivity contribution in [1.82, 2.24) is 0 Å². The second-order valence-corrected chi connectivity index (χ2v) is 0. The van der Waals surface area contributed by atoms with E-state index in [1.54, 1.807) is 0 Å². The summed E-state index contributed by atoms with van der Waals surface area (Å²) in [5, 5.41) is 0. The predicted molar refractivity (Wildman–Crippen MR) is 25.7 cm³/mol. The topological polar surface area (TPSA) is 0 Å². The van der Waals surface area contributed by atoms with Gasteiger partial charge in [0.2, 0.25) is 0 Å². The Balaban J connectivity index is 0. The monoisotopic (exact) mass is 511 g/mol. The van der Waals surface area contributed by atoms with Crippen molar-refractivity contribution in [3.8, 4) is 0 Å². The molecule has 0 aliphatic heterocycles. The van der Waals surface area contributed by atoms with Gasteiger partial charge in [-0.2, -0.15) is 0 Å². The molecular formula is C4H12WY3-2. The molecule has 0 amide bonds. The molecule has 0 aromatic heterocycles. The van der Waals surface area contributed by atoms with Crippen LogP contribution in [0.5, 0.6) is 0 Å². The molecule has 0 unspecified atom stereocenters. The maximum atomic E-state index is 0. The van der Waals surface area contributed by atoms with Gasteiger partial charge >= 0.3 is 21.1 Å². The molecule has 0 spiro atoms. The van der Waals surface area contributed by atoms with Crippen LogP contribution in [-0.2, 0) is 119 Å². The molecule has 0 saturated carbocycles. The van der Waals surface area contributed by atoms with Crippen molar-refractivity contribution in [1.29, 1.82) is 0 Å². The van der Waals surface area contributed by atoms with E-state index in [0.717, 1.165) is 0 Å². The van der Waals surface area contributed by atoms with Crippen molar-refractivity contribution in [3.63, 3.8) is 0 Å². The summed E-state index contributed by atoms with van der Waals surface area (Å²) in [5.74, 6) is 0. The quantitative estimate of drug-likeness (QED) is 0.436. The van der Waals surface area contributed by atoms with Crippen molar-refractivity contribution >= 4 is 0 Å². The van der Waals surface area contributed by atoms with E-state index < -0.39 is 0 Å². The fraction of sp³-hybridized carbons (Fsp3) is 0. The molecule has 3 radical (unpaired) electrons. The summed E-state index contributed by atoms with van der Waals surface area (Å²) in [4.78, 5) is 0. The van der Waals surface area contributed by atoms with E-state index in [-0.39, 0.29) is 149 Å². The average Bonchev–Trinajstić information content (AvgIpc) is 0. The largest absolute Gasteiger partial charge is 2.00 e. The summed E-state index contributed by atoms with van der Waals surface area (Å²) in [5.41, 5.74) is 0. The van der Waals surface area contributed by atoms with Crippen LogP contribution in [0.15, 0.2) is 0 Å². The smallest absolute Gasteiger partial charge is 0.358 e. The van der Waals surface area contributed by atoms with E-state index in [2.05, 4.69) is 0 Å². The fourth-order valence-electron chi connectivity index (χ4n) is 0. The minimum atomic E-state index is 0. The van der Waals surface area contributed by atoms with Crippen molar-refractivity contribution in [2.24, 2.45) is 0 Å². The minimum absolute atomic E-state index is 0. The second-order valence-electron chi connectivity index (χ2n) is 0. The van der Waals surface area contributed by atoms with Gasteiger partial charge in [0.05, 0.1) is 0 Å². The molecule has 0 bridgehead atoms. The van der Waals surface area contributed by atoms with E-state index in [1.807, 2.05) is 0 Å². The number of hydrogen-bond acceptors (Lipinski definition) is 0. The van der Waals surface area contributed by atoms with Crippen LogP contribution in [0.4, 0.5) is 0 Å². The van der Waals surface area contributed by atoms with Gasteiger partial charge in [-0.05, 0) is 0 Å². The standard InChI is InChI=1S/4CH3.W.3Y/h4*1H3;;;;/q4*-1;+2;;;. The van der Waals surface area contributed by atoms with Crippen LogP contribution in [0.3, 0.4) is 0 Å². The van der Waals surface area contributed by atoms with Gasteiger partial charge < -0.3 is 29.7 Å². The molecule has 0 aromatic rings. The first-order chi connectivity index (χ1) is 0. The Kier molecular flexibility index (Phi) is 780. The summed E-state index contributed by atoms with van der Waals surface area (Å²) in [6.07, 6.45) is 0. The van der Waals surface area contributed by atoms with Crippen LogP contribution in [0.25, 0.3) is 0 Å². The number of rotatable bonds is 0. The van der Waals surface area contributed by atoms with E-state index in [4.69, 9.17) is 0 Å². The SMILES string of the molecule is [CH3-].[CH3-].[CH3-].[CH3-].[W+2].[Y].[Y].[Y]. The first kappa shape index (κ1) is 90.8. The second kappa shape index (κ2) is 68.8. The zero-order valence-corrected chi connectivity index (χ0v) is 17.6. The molecule has 0 rings (SSSR count). The van der Waals surface area contributed by atoms with Crippen molar-refractivity contribution in [3.05, 3.63) is 29.7 Å².